The Morgan fingerprint density at radius 2 is 1.50 bits per heavy atom. The summed E-state index contributed by atoms with van der Waals surface area (Å²) in [6.07, 6.45) is -1.19. The van der Waals surface area contributed by atoms with E-state index in [4.69, 9.17) is 22.3 Å². The van der Waals surface area contributed by atoms with Crippen LogP contribution in [0.15, 0.2) is 23.2 Å². The number of fused-ring (bicyclic) bond motifs is 2. The molecule has 2 rings (SSSR count). The zero-order valence-electron chi connectivity index (χ0n) is 36.8. The predicted molar refractivity (Wildman–Crippen MR) is 233 cm³/mol. The molecule has 0 aliphatic carbocycles. The minimum absolute atomic E-state index is 0.0155. The Labute approximate surface area is 379 Å². The number of guanidine groups is 1. The molecule has 0 saturated carbocycles. The second-order valence-electron chi connectivity index (χ2n) is 15.7. The minimum Gasteiger partial charge on any atom is -0.481 e. The van der Waals surface area contributed by atoms with Crippen LogP contribution in [0, 0.1) is 5.92 Å². The molecule has 0 radical (unpaired) electrons. The Balaban J connectivity index is 2.30. The van der Waals surface area contributed by atoms with Gasteiger partial charge in [0.25, 0.3) is 5.91 Å². The zero-order valence-corrected chi connectivity index (χ0v) is 36.8. The highest BCUT2D eigenvalue weighted by molar-refractivity contribution is 6.01. The fourth-order valence-corrected chi connectivity index (χ4v) is 6.42. The van der Waals surface area contributed by atoms with Crippen LogP contribution in [-0.2, 0) is 54.5 Å². The second kappa shape index (κ2) is 27.1. The fourth-order valence-electron chi connectivity index (χ4n) is 6.42. The number of nitrogens with two attached hydrogens (primary N) is 3. The third kappa shape index (κ3) is 19.6. The average molecular weight is 933 g/mol. The number of carbonyl (C=O) groups is 11. The highest BCUT2D eigenvalue weighted by Gasteiger charge is 2.35. The van der Waals surface area contributed by atoms with Gasteiger partial charge in [0.15, 0.2) is 5.96 Å². The first-order valence-electron chi connectivity index (χ1n) is 20.9. The van der Waals surface area contributed by atoms with Crippen LogP contribution in [0.25, 0.3) is 0 Å². The molecule has 26 heteroatoms. The molecule has 364 valence electrons. The summed E-state index contributed by atoms with van der Waals surface area (Å²) >= 11 is 0. The Morgan fingerprint density at radius 1 is 0.833 bits per heavy atom. The van der Waals surface area contributed by atoms with Crippen LogP contribution in [0.5, 0.6) is 0 Å². The number of unbranched alkanes of at least 4 members (excludes halogenated alkanes) is 2. The van der Waals surface area contributed by atoms with Gasteiger partial charge in [-0.05, 0) is 55.4 Å². The van der Waals surface area contributed by atoms with E-state index in [9.17, 15) is 63.0 Å². The van der Waals surface area contributed by atoms with Crippen LogP contribution in [0.4, 0.5) is 5.69 Å². The van der Waals surface area contributed by atoms with Crippen molar-refractivity contribution in [2.45, 2.75) is 108 Å². The Kier molecular flexibility index (Phi) is 22.4. The molecular formula is C40H60N12O14. The number of likely N-dealkylation sites (N-methyl/N-ethyl adjacent to an activating group) is 1. The van der Waals surface area contributed by atoms with E-state index < -0.39 is 127 Å². The number of hydrogen-bond donors (Lipinski definition) is 13. The van der Waals surface area contributed by atoms with E-state index in [0.717, 1.165) is 4.90 Å². The smallest absolute Gasteiger partial charge is 0.305 e. The van der Waals surface area contributed by atoms with E-state index in [-0.39, 0.29) is 61.7 Å². The summed E-state index contributed by atoms with van der Waals surface area (Å²) in [7, 11) is 1.34. The molecular weight excluding hydrogens is 873 g/mol. The SMILES string of the molecule is CC(C)[C@H]1NC(=O)c2cc(cc(NC(=O)CCCCCNC(=O)[C@H](CC(=O)O)NC(=O)[C@H](N)CC(=O)O)c2)CNC(=O)[C@H](CC(=O)O)NC(=O)CNC(=O)[C@H](CCCN=C(N)N)N(C)C1=O. The number of aliphatic carboxylic acids is 3. The molecule has 0 fully saturated rings. The molecule has 5 atom stereocenters. The normalized spacial score (nSPS) is 18.2. The van der Waals surface area contributed by atoms with E-state index in [1.165, 1.54) is 25.2 Å². The molecule has 1 heterocycles. The quantitative estimate of drug-likeness (QED) is 0.0322. The van der Waals surface area contributed by atoms with Crippen molar-refractivity contribution >= 4 is 76.8 Å². The molecule has 1 aromatic carbocycles. The molecule has 16 N–H and O–H groups in total. The molecule has 0 unspecified atom stereocenters. The van der Waals surface area contributed by atoms with E-state index in [1.807, 2.05) is 0 Å². The van der Waals surface area contributed by atoms with Crippen molar-refractivity contribution in [1.29, 1.82) is 0 Å². The molecule has 2 bridgehead atoms. The van der Waals surface area contributed by atoms with Crippen LogP contribution in [0.2, 0.25) is 0 Å². The lowest BCUT2D eigenvalue weighted by atomic mass is 9.99. The monoisotopic (exact) mass is 932 g/mol. The van der Waals surface area contributed by atoms with Crippen LogP contribution in [-0.4, -0.2) is 148 Å². The third-order valence-electron chi connectivity index (χ3n) is 9.85. The van der Waals surface area contributed by atoms with Crippen molar-refractivity contribution in [3.63, 3.8) is 0 Å². The number of nitrogens with zero attached hydrogens (tertiary/aromatic N) is 2. The van der Waals surface area contributed by atoms with Crippen molar-refractivity contribution in [3.8, 4) is 0 Å². The molecule has 1 aromatic rings. The van der Waals surface area contributed by atoms with Gasteiger partial charge >= 0.3 is 17.9 Å². The van der Waals surface area contributed by atoms with Gasteiger partial charge in [-0.25, -0.2) is 0 Å². The summed E-state index contributed by atoms with van der Waals surface area (Å²) in [5, 5.41) is 44.7. The number of anilines is 1. The molecule has 8 amide bonds. The number of aliphatic imine (C=N–C) groups is 1. The largest absolute Gasteiger partial charge is 0.481 e. The first-order valence-corrected chi connectivity index (χ1v) is 20.9. The number of hydrogen-bond acceptors (Lipinski definition) is 13. The number of rotatable bonds is 21. The van der Waals surface area contributed by atoms with E-state index >= 15 is 0 Å². The topological polar surface area (TPSA) is 426 Å². The minimum atomic E-state index is -1.60. The average Bonchev–Trinajstić information content (AvgIpc) is 3.22. The predicted octanol–water partition coefficient (Wildman–Crippen LogP) is -3.60. The van der Waals surface area contributed by atoms with Gasteiger partial charge in [0.2, 0.25) is 41.4 Å². The summed E-state index contributed by atoms with van der Waals surface area (Å²) in [4.78, 5) is 144. The van der Waals surface area contributed by atoms with Gasteiger partial charge in [0, 0.05) is 44.4 Å². The molecule has 0 saturated heterocycles. The number of amides is 8. The van der Waals surface area contributed by atoms with Crippen molar-refractivity contribution in [2.24, 2.45) is 28.1 Å². The zero-order chi connectivity index (χ0) is 49.7. The standard InChI is InChI=1S/C40H60N12O14/c1-20(2)33-39(66)52(3)27(8-7-11-45-40(42)43)38(65)47-19-29(54)49-25(16-31(57)58)37(64)46-18-21-12-22(34(61)51-33)14-23(13-21)48-28(53)9-5-4-6-10-44-36(63)26(17-32(59)60)50-35(62)24(41)15-30(55)56/h12-14,20,24-27,33H,4-11,15-19,41H2,1-3H3,(H,44,63)(H,46,64)(H,47,65)(H,48,53)(H,49,54)(H,50,62)(H,51,61)(H,55,56)(H,57,58)(H,59,60)(H4,42,43,45)/t24-,25+,26+,27+,33-/m1/s1. The molecule has 0 aromatic heterocycles. The summed E-state index contributed by atoms with van der Waals surface area (Å²) in [6, 6.07) is -2.90. The summed E-state index contributed by atoms with van der Waals surface area (Å²) in [5.41, 5.74) is 16.6. The molecule has 1 aliphatic rings. The lowest BCUT2D eigenvalue weighted by Crippen LogP contribution is -2.57. The summed E-state index contributed by atoms with van der Waals surface area (Å²) in [6.45, 7) is 2.45. The van der Waals surface area contributed by atoms with Gasteiger partial charge in [-0.3, -0.25) is 57.7 Å². The van der Waals surface area contributed by atoms with E-state index in [0.29, 0.717) is 19.3 Å². The number of benzene rings is 1. The highest BCUT2D eigenvalue weighted by Crippen LogP contribution is 2.19. The number of nitrogens with one attached hydrogen (secondary N) is 7. The van der Waals surface area contributed by atoms with Gasteiger partial charge in [-0.1, -0.05) is 20.3 Å². The van der Waals surface area contributed by atoms with Crippen LogP contribution >= 0.6 is 0 Å². The molecule has 26 nitrogen and oxygen atoms in total. The number of carbonyl (C=O) groups excluding carboxylic acids is 8. The summed E-state index contributed by atoms with van der Waals surface area (Å²) < 4.78 is 0. The fraction of sp³-hybridized carbons (Fsp3) is 0.550. The van der Waals surface area contributed by atoms with Crippen molar-refractivity contribution < 1.29 is 68.1 Å². The maximum Gasteiger partial charge on any atom is 0.305 e. The molecule has 66 heavy (non-hydrogen) atoms. The van der Waals surface area contributed by atoms with E-state index in [1.54, 1.807) is 13.8 Å². The Bertz CT molecular complexity index is 2010. The van der Waals surface area contributed by atoms with Gasteiger partial charge < -0.3 is 74.6 Å². The number of carboxylic acid groups (broad SMARTS) is 3. The van der Waals surface area contributed by atoms with Crippen molar-refractivity contribution in [2.75, 3.05) is 32.0 Å². The lowest BCUT2D eigenvalue weighted by molar-refractivity contribution is -0.142. The summed E-state index contributed by atoms with van der Waals surface area (Å²) in [5.74, 6) is -11.3. The first-order chi connectivity index (χ1) is 31.0. The Hall–Kier alpha value is -7.38. The van der Waals surface area contributed by atoms with Crippen LogP contribution in [0.1, 0.15) is 87.6 Å². The van der Waals surface area contributed by atoms with Crippen molar-refractivity contribution in [3.05, 3.63) is 29.3 Å². The molecule has 1 aliphatic heterocycles. The molecule has 0 spiro atoms. The van der Waals surface area contributed by atoms with Gasteiger partial charge in [-0.15, -0.1) is 0 Å². The van der Waals surface area contributed by atoms with Gasteiger partial charge in [0.1, 0.15) is 24.2 Å². The van der Waals surface area contributed by atoms with Crippen molar-refractivity contribution in [1.82, 2.24) is 36.8 Å². The first kappa shape index (κ1) is 54.8. The maximum atomic E-state index is 14.0. The second-order valence-corrected chi connectivity index (χ2v) is 15.7. The van der Waals surface area contributed by atoms with E-state index in [2.05, 4.69) is 42.2 Å². The number of carboxylic acids is 3. The highest BCUT2D eigenvalue weighted by atomic mass is 16.4. The lowest BCUT2D eigenvalue weighted by Gasteiger charge is -2.32. The Morgan fingerprint density at radius 3 is 2.12 bits per heavy atom. The van der Waals surface area contributed by atoms with Crippen LogP contribution in [0.3, 0.4) is 0 Å². The maximum absolute atomic E-state index is 14.0. The van der Waals surface area contributed by atoms with Gasteiger partial charge in [-0.2, -0.15) is 0 Å². The van der Waals surface area contributed by atoms with Crippen LogP contribution < -0.4 is 54.4 Å². The van der Waals surface area contributed by atoms with Gasteiger partial charge in [0.05, 0.1) is 31.8 Å². The third-order valence-corrected chi connectivity index (χ3v) is 9.85.